The van der Waals surface area contributed by atoms with Crippen LogP contribution in [0.15, 0.2) is 94.6 Å². The Balaban J connectivity index is 1.39. The van der Waals surface area contributed by atoms with E-state index >= 15 is 0 Å². The van der Waals surface area contributed by atoms with Crippen molar-refractivity contribution >= 4 is 0 Å². The monoisotopic (exact) mass is 631 g/mol. The van der Waals surface area contributed by atoms with Crippen LogP contribution in [0.2, 0.25) is 0 Å². The van der Waals surface area contributed by atoms with Crippen molar-refractivity contribution in [2.75, 3.05) is 27.4 Å². The van der Waals surface area contributed by atoms with E-state index in [0.29, 0.717) is 24.5 Å². The molecule has 0 aliphatic carbocycles. The van der Waals surface area contributed by atoms with Crippen LogP contribution in [0.25, 0.3) is 0 Å². The minimum absolute atomic E-state index is 0.117. The normalized spacial score (nSPS) is 23.2. The highest BCUT2D eigenvalue weighted by molar-refractivity contribution is 5.49. The second-order valence-electron chi connectivity index (χ2n) is 11.2. The van der Waals surface area contributed by atoms with E-state index in [4.69, 9.17) is 28.4 Å². The number of nitrogens with one attached hydrogen (secondary N) is 1. The van der Waals surface area contributed by atoms with Crippen LogP contribution in [-0.2, 0) is 24.5 Å². The summed E-state index contributed by atoms with van der Waals surface area (Å²) in [4.78, 5) is 26.8. The molecule has 0 saturated carbocycles. The molecule has 3 aromatic carbocycles. The lowest BCUT2D eigenvalue weighted by Gasteiger charge is -2.37. The smallest absolute Gasteiger partial charge is 0.347 e. The number of aliphatic hydroxyl groups excluding tert-OH is 1. The summed E-state index contributed by atoms with van der Waals surface area (Å²) in [6.07, 6.45) is -1.60. The Morgan fingerprint density at radius 3 is 2.11 bits per heavy atom. The number of hydrogen-bond acceptors (Lipinski definition) is 10. The summed E-state index contributed by atoms with van der Waals surface area (Å²) in [5, 5.41) is 15.7. The predicted molar refractivity (Wildman–Crippen MR) is 166 cm³/mol. The van der Waals surface area contributed by atoms with E-state index in [1.54, 1.807) is 14.2 Å². The second kappa shape index (κ2) is 14.0. The summed E-state index contributed by atoms with van der Waals surface area (Å²) >= 11 is 0. The minimum Gasteiger partial charge on any atom is -0.497 e. The van der Waals surface area contributed by atoms with Crippen LogP contribution in [0.3, 0.4) is 0 Å². The Hall–Kier alpha value is -4.33. The van der Waals surface area contributed by atoms with Crippen molar-refractivity contribution in [1.82, 2.24) is 14.8 Å². The maximum Gasteiger partial charge on any atom is 0.347 e. The van der Waals surface area contributed by atoms with E-state index in [9.17, 15) is 14.7 Å². The molecule has 0 amide bonds. The third-order valence-corrected chi connectivity index (χ3v) is 8.38. The molecule has 2 fully saturated rings. The van der Waals surface area contributed by atoms with Gasteiger partial charge in [0, 0.05) is 6.61 Å². The van der Waals surface area contributed by atoms with Gasteiger partial charge < -0.3 is 33.5 Å². The van der Waals surface area contributed by atoms with E-state index in [1.165, 1.54) is 0 Å². The van der Waals surface area contributed by atoms with Gasteiger partial charge in [-0.2, -0.15) is 9.78 Å². The van der Waals surface area contributed by atoms with Crippen LogP contribution >= 0.6 is 0 Å². The fraction of sp³-hybridized carbons (Fsp3) is 0.382. The maximum absolute atomic E-state index is 12.8. The molecule has 6 rings (SSSR count). The molecular formula is C34H37N3O9. The zero-order valence-electron chi connectivity index (χ0n) is 25.6. The zero-order valence-corrected chi connectivity index (χ0v) is 25.6. The van der Waals surface area contributed by atoms with Crippen molar-refractivity contribution in [1.29, 1.82) is 0 Å². The van der Waals surface area contributed by atoms with Crippen molar-refractivity contribution in [2.45, 2.75) is 55.7 Å². The molecule has 12 nitrogen and oxygen atoms in total. The van der Waals surface area contributed by atoms with Crippen LogP contribution < -0.4 is 20.7 Å². The molecule has 2 N–H and O–H groups in total. The first kappa shape index (κ1) is 31.6. The van der Waals surface area contributed by atoms with Gasteiger partial charge >= 0.3 is 5.69 Å². The molecule has 0 bridgehead atoms. The predicted octanol–water partition coefficient (Wildman–Crippen LogP) is 3.13. The number of rotatable bonds is 11. The molecule has 3 heterocycles. The first-order valence-electron chi connectivity index (χ1n) is 15.2. The number of methoxy groups -OCH3 is 2. The highest BCUT2D eigenvalue weighted by Crippen LogP contribution is 2.43. The molecule has 242 valence electrons. The summed E-state index contributed by atoms with van der Waals surface area (Å²) in [5.41, 5.74) is -0.182. The zero-order chi connectivity index (χ0) is 32.1. The Labute approximate surface area is 265 Å². The Kier molecular flexibility index (Phi) is 9.61. The number of H-pyrrole nitrogens is 1. The highest BCUT2D eigenvalue weighted by atomic mass is 16.7. The van der Waals surface area contributed by atoms with Gasteiger partial charge in [-0.25, -0.2) is 4.79 Å². The van der Waals surface area contributed by atoms with Crippen molar-refractivity contribution in [3.63, 3.8) is 0 Å². The third kappa shape index (κ3) is 6.35. The minimum atomic E-state index is -1.24. The standard InChI is InChI=1S/C34H37N3O9/c1-41-25-15-11-23(12-16-25)34(22-8-4-3-5-9-22,24-13-17-26(42-2)18-14-24)44-21-27-30(39)31(46-29-10-6-7-19-43-29)32(45-27)37-33(40)36-28(38)20-35-37/h3-5,8-9,11-18,20,27,29-32,39H,6-7,10,19,21H2,1-2H3,(H,36,38,40)/t27-,29-,30-,31-,32-/m1/s1. The van der Waals surface area contributed by atoms with Gasteiger partial charge in [0.15, 0.2) is 12.5 Å². The lowest BCUT2D eigenvalue weighted by Crippen LogP contribution is -2.43. The quantitative estimate of drug-likeness (QED) is 0.237. The molecule has 0 radical (unpaired) electrons. The first-order valence-corrected chi connectivity index (χ1v) is 15.2. The van der Waals surface area contributed by atoms with Crippen molar-refractivity contribution in [2.24, 2.45) is 0 Å². The summed E-state index contributed by atoms with van der Waals surface area (Å²) in [7, 11) is 3.21. The SMILES string of the molecule is COc1ccc(C(OC[C@H]2O[C@@H](n3ncc(=O)[nH]c3=O)[C@H](O[C@@H]3CCCCO3)[C@@H]2O)(c2ccccc2)c2ccc(OC)cc2)cc1. The van der Waals surface area contributed by atoms with Gasteiger partial charge in [-0.05, 0) is 60.2 Å². The third-order valence-electron chi connectivity index (χ3n) is 8.38. The molecule has 2 aliphatic heterocycles. The van der Waals surface area contributed by atoms with Crippen molar-refractivity contribution in [3.8, 4) is 11.5 Å². The van der Waals surface area contributed by atoms with Gasteiger partial charge in [0.1, 0.15) is 41.6 Å². The molecular weight excluding hydrogens is 594 g/mol. The summed E-state index contributed by atoms with van der Waals surface area (Å²) in [5.74, 6) is 1.36. The van der Waals surface area contributed by atoms with E-state index in [1.807, 2.05) is 78.9 Å². The molecule has 0 unspecified atom stereocenters. The molecule has 46 heavy (non-hydrogen) atoms. The number of aliphatic hydroxyl groups is 1. The highest BCUT2D eigenvalue weighted by Gasteiger charge is 2.49. The fourth-order valence-corrected chi connectivity index (χ4v) is 6.02. The molecule has 12 heteroatoms. The maximum atomic E-state index is 12.8. The number of hydrogen-bond donors (Lipinski definition) is 2. The molecule has 0 spiro atoms. The number of benzene rings is 3. The first-order chi connectivity index (χ1) is 22.4. The van der Waals surface area contributed by atoms with Gasteiger partial charge in [-0.15, -0.1) is 0 Å². The van der Waals surface area contributed by atoms with Crippen LogP contribution in [0, 0.1) is 0 Å². The van der Waals surface area contributed by atoms with Gasteiger partial charge in [0.2, 0.25) is 0 Å². The van der Waals surface area contributed by atoms with Gasteiger partial charge in [0.25, 0.3) is 5.56 Å². The summed E-state index contributed by atoms with van der Waals surface area (Å²) in [6.45, 7) is 0.403. The summed E-state index contributed by atoms with van der Waals surface area (Å²) in [6, 6.07) is 24.9. The lowest BCUT2D eigenvalue weighted by molar-refractivity contribution is -0.217. The van der Waals surface area contributed by atoms with Crippen molar-refractivity contribution < 1.29 is 33.5 Å². The summed E-state index contributed by atoms with van der Waals surface area (Å²) < 4.78 is 37.1. The Bertz CT molecular complexity index is 1640. The molecule has 2 saturated heterocycles. The molecule has 5 atom stereocenters. The van der Waals surface area contributed by atoms with Gasteiger partial charge in [0.05, 0.1) is 20.8 Å². The average molecular weight is 632 g/mol. The van der Waals surface area contributed by atoms with Gasteiger partial charge in [-0.3, -0.25) is 9.78 Å². The average Bonchev–Trinajstić information content (AvgIpc) is 3.40. The van der Waals surface area contributed by atoms with E-state index < -0.39 is 47.7 Å². The number of aromatic amines is 1. The topological polar surface area (TPSA) is 143 Å². The van der Waals surface area contributed by atoms with Crippen LogP contribution in [0.1, 0.15) is 42.2 Å². The number of aromatic nitrogens is 3. The van der Waals surface area contributed by atoms with Crippen LogP contribution in [-0.4, -0.2) is 71.9 Å². The van der Waals surface area contributed by atoms with E-state index in [-0.39, 0.29) is 6.61 Å². The molecule has 1 aromatic heterocycles. The van der Waals surface area contributed by atoms with Crippen LogP contribution in [0.5, 0.6) is 11.5 Å². The molecule has 4 aromatic rings. The van der Waals surface area contributed by atoms with Crippen molar-refractivity contribution in [3.05, 3.63) is 123 Å². The second-order valence-corrected chi connectivity index (χ2v) is 11.2. The number of ether oxygens (including phenoxy) is 6. The largest absolute Gasteiger partial charge is 0.497 e. The van der Waals surface area contributed by atoms with Crippen LogP contribution in [0.4, 0.5) is 0 Å². The Morgan fingerprint density at radius 2 is 1.54 bits per heavy atom. The van der Waals surface area contributed by atoms with E-state index in [2.05, 4.69) is 10.1 Å². The lowest BCUT2D eigenvalue weighted by atomic mass is 9.80. The number of nitrogens with zero attached hydrogens (tertiary/aromatic N) is 2. The molecule has 2 aliphatic rings. The fourth-order valence-electron chi connectivity index (χ4n) is 6.02. The van der Waals surface area contributed by atoms with E-state index in [0.717, 1.165) is 40.4 Å². The Morgan fingerprint density at radius 1 is 0.913 bits per heavy atom. The van der Waals surface area contributed by atoms with Gasteiger partial charge in [-0.1, -0.05) is 54.6 Å².